The quantitative estimate of drug-likeness (QED) is 0.341. The highest BCUT2D eigenvalue weighted by molar-refractivity contribution is 8.18. The molecule has 3 aromatic rings. The van der Waals surface area contributed by atoms with E-state index in [0.29, 0.717) is 30.0 Å². The molecule has 0 bridgehead atoms. The van der Waals surface area contributed by atoms with Gasteiger partial charge in [-0.15, -0.1) is 5.11 Å². The first-order chi connectivity index (χ1) is 17.5. The maximum Gasteiger partial charge on any atom is 0.294 e. The minimum absolute atomic E-state index is 0.0599. The minimum atomic E-state index is -0.544. The van der Waals surface area contributed by atoms with Crippen LogP contribution in [0.4, 0.5) is 16.2 Å². The van der Waals surface area contributed by atoms with Crippen LogP contribution in [-0.2, 0) is 9.59 Å². The zero-order valence-electron chi connectivity index (χ0n) is 19.5. The van der Waals surface area contributed by atoms with Gasteiger partial charge >= 0.3 is 0 Å². The second-order valence-corrected chi connectivity index (χ2v) is 9.64. The number of aromatic hydroxyl groups is 1. The van der Waals surface area contributed by atoms with E-state index in [1.807, 2.05) is 42.5 Å². The molecule has 2 saturated heterocycles. The third kappa shape index (κ3) is 5.01. The zero-order chi connectivity index (χ0) is 25.1. The Labute approximate surface area is 212 Å². The number of azo groups is 1. The maximum atomic E-state index is 12.9. The smallest absolute Gasteiger partial charge is 0.294 e. The van der Waals surface area contributed by atoms with Crippen molar-refractivity contribution in [1.82, 2.24) is 9.80 Å². The fraction of sp³-hybridized carbons (Fsp3) is 0.222. The van der Waals surface area contributed by atoms with Crippen molar-refractivity contribution in [2.45, 2.75) is 19.3 Å². The van der Waals surface area contributed by atoms with Gasteiger partial charge < -0.3 is 10.0 Å². The second-order valence-electron chi connectivity index (χ2n) is 8.65. The third-order valence-corrected chi connectivity index (χ3v) is 7.12. The minimum Gasteiger partial charge on any atom is -0.507 e. The summed E-state index contributed by atoms with van der Waals surface area (Å²) in [6, 6.07) is 18.3. The van der Waals surface area contributed by atoms with Crippen LogP contribution >= 0.6 is 11.8 Å². The standard InChI is InChI=1S/C27H24N4O4S/c32-23-12-11-20(28-29-22-10-6-8-18-7-2-3-9-21(18)22)15-19(23)16-24-26(34)31(27(35)36-24)17-25(33)30-13-4-1-5-14-30/h2-3,6-12,15-16,32H,1,4-5,13-14,17H2/b24-16-,29-28?. The van der Waals surface area contributed by atoms with Crippen LogP contribution in [0, 0.1) is 0 Å². The van der Waals surface area contributed by atoms with Crippen LogP contribution in [0.3, 0.4) is 0 Å². The zero-order valence-corrected chi connectivity index (χ0v) is 20.3. The number of amides is 3. The molecular formula is C27H24N4O4S. The Kier molecular flexibility index (Phi) is 6.81. The number of likely N-dealkylation sites (tertiary alicyclic amines) is 1. The summed E-state index contributed by atoms with van der Waals surface area (Å²) in [5, 5.41) is 20.6. The number of benzene rings is 3. The highest BCUT2D eigenvalue weighted by Crippen LogP contribution is 2.35. The van der Waals surface area contributed by atoms with E-state index >= 15 is 0 Å². The number of phenolic OH excluding ortho intramolecular Hbond substituents is 1. The summed E-state index contributed by atoms with van der Waals surface area (Å²) in [4.78, 5) is 40.8. The molecule has 0 unspecified atom stereocenters. The van der Waals surface area contributed by atoms with Gasteiger partial charge in [0.05, 0.1) is 16.3 Å². The maximum absolute atomic E-state index is 12.9. The predicted molar refractivity (Wildman–Crippen MR) is 139 cm³/mol. The van der Waals surface area contributed by atoms with Crippen LogP contribution in [0.15, 0.2) is 75.8 Å². The number of phenols is 1. The van der Waals surface area contributed by atoms with E-state index in [1.54, 1.807) is 17.0 Å². The first kappa shape index (κ1) is 23.7. The van der Waals surface area contributed by atoms with Gasteiger partial charge in [-0.3, -0.25) is 19.3 Å². The fourth-order valence-electron chi connectivity index (χ4n) is 4.28. The number of fused-ring (bicyclic) bond motifs is 1. The molecule has 0 radical (unpaired) electrons. The van der Waals surface area contributed by atoms with Crippen LogP contribution in [0.2, 0.25) is 0 Å². The summed E-state index contributed by atoms with van der Waals surface area (Å²) in [6.07, 6.45) is 4.39. The number of piperidine rings is 1. The lowest BCUT2D eigenvalue weighted by atomic mass is 10.1. The van der Waals surface area contributed by atoms with Crippen molar-refractivity contribution in [2.75, 3.05) is 19.6 Å². The van der Waals surface area contributed by atoms with Crippen molar-refractivity contribution in [2.24, 2.45) is 10.2 Å². The van der Waals surface area contributed by atoms with E-state index in [-0.39, 0.29) is 23.1 Å². The summed E-state index contributed by atoms with van der Waals surface area (Å²) < 4.78 is 0. The SMILES string of the molecule is O=C(CN1C(=O)S/C(=C\c2cc(N=Nc3cccc4ccccc34)ccc2O)C1=O)N1CCCCC1. The molecule has 0 saturated carbocycles. The molecule has 3 aromatic carbocycles. The average molecular weight is 501 g/mol. The largest absolute Gasteiger partial charge is 0.507 e. The Bertz CT molecular complexity index is 1410. The van der Waals surface area contributed by atoms with Gasteiger partial charge in [-0.25, -0.2) is 0 Å². The lowest BCUT2D eigenvalue weighted by Gasteiger charge is -2.27. The van der Waals surface area contributed by atoms with E-state index in [0.717, 1.165) is 46.7 Å². The number of thioether (sulfide) groups is 1. The molecule has 0 spiro atoms. The van der Waals surface area contributed by atoms with Crippen molar-refractivity contribution in [3.8, 4) is 5.75 Å². The summed E-state index contributed by atoms with van der Waals surface area (Å²) in [7, 11) is 0. The van der Waals surface area contributed by atoms with Crippen LogP contribution < -0.4 is 0 Å². The monoisotopic (exact) mass is 500 g/mol. The molecule has 8 nitrogen and oxygen atoms in total. The molecule has 3 amide bonds. The summed E-state index contributed by atoms with van der Waals surface area (Å²) in [5.41, 5.74) is 1.52. The van der Waals surface area contributed by atoms with Crippen LogP contribution in [0.25, 0.3) is 16.8 Å². The first-order valence-corrected chi connectivity index (χ1v) is 12.6. The summed E-state index contributed by atoms with van der Waals surface area (Å²) in [6.45, 7) is 1.03. The van der Waals surface area contributed by atoms with Crippen LogP contribution in [0.1, 0.15) is 24.8 Å². The number of carbonyl (C=O) groups excluding carboxylic acids is 3. The number of rotatable bonds is 5. The Morgan fingerprint density at radius 2 is 1.75 bits per heavy atom. The lowest BCUT2D eigenvalue weighted by Crippen LogP contribution is -2.44. The summed E-state index contributed by atoms with van der Waals surface area (Å²) in [5.74, 6) is -0.829. The predicted octanol–water partition coefficient (Wildman–Crippen LogP) is 6.01. The molecule has 5 rings (SSSR count). The number of hydrogen-bond acceptors (Lipinski definition) is 7. The number of imide groups is 1. The molecule has 2 aliphatic rings. The molecule has 0 aliphatic carbocycles. The normalized spacial score (nSPS) is 17.6. The Hall–Kier alpha value is -3.98. The lowest BCUT2D eigenvalue weighted by molar-refractivity contribution is -0.136. The number of carbonyl (C=O) groups is 3. The van der Waals surface area contributed by atoms with E-state index in [4.69, 9.17) is 0 Å². The van der Waals surface area contributed by atoms with Gasteiger partial charge in [0, 0.05) is 24.0 Å². The highest BCUT2D eigenvalue weighted by Gasteiger charge is 2.37. The van der Waals surface area contributed by atoms with E-state index in [1.165, 1.54) is 12.1 Å². The van der Waals surface area contributed by atoms with E-state index in [9.17, 15) is 19.5 Å². The highest BCUT2D eigenvalue weighted by atomic mass is 32.2. The topological polar surface area (TPSA) is 103 Å². The second kappa shape index (κ2) is 10.3. The van der Waals surface area contributed by atoms with E-state index < -0.39 is 11.1 Å². The van der Waals surface area contributed by atoms with Gasteiger partial charge in [0.1, 0.15) is 12.3 Å². The molecule has 0 aromatic heterocycles. The molecule has 9 heteroatoms. The molecule has 2 heterocycles. The molecule has 182 valence electrons. The first-order valence-electron chi connectivity index (χ1n) is 11.8. The molecule has 2 fully saturated rings. The van der Waals surface area contributed by atoms with E-state index in [2.05, 4.69) is 10.2 Å². The van der Waals surface area contributed by atoms with Crippen molar-refractivity contribution >= 4 is 57.0 Å². The number of nitrogens with zero attached hydrogens (tertiary/aromatic N) is 4. The van der Waals surface area contributed by atoms with Crippen molar-refractivity contribution in [3.05, 3.63) is 71.1 Å². The third-order valence-electron chi connectivity index (χ3n) is 6.21. The molecule has 0 atom stereocenters. The Morgan fingerprint density at radius 1 is 0.972 bits per heavy atom. The van der Waals surface area contributed by atoms with Gasteiger partial charge in [-0.1, -0.05) is 36.4 Å². The Balaban J connectivity index is 1.34. The fourth-order valence-corrected chi connectivity index (χ4v) is 5.11. The average Bonchev–Trinajstić information content (AvgIpc) is 3.16. The van der Waals surface area contributed by atoms with Crippen LogP contribution in [-0.4, -0.2) is 51.6 Å². The van der Waals surface area contributed by atoms with Gasteiger partial charge in [0.15, 0.2) is 0 Å². The van der Waals surface area contributed by atoms with Crippen molar-refractivity contribution in [1.29, 1.82) is 0 Å². The van der Waals surface area contributed by atoms with Crippen molar-refractivity contribution < 1.29 is 19.5 Å². The number of hydrogen-bond donors (Lipinski definition) is 1. The van der Waals surface area contributed by atoms with Crippen LogP contribution in [0.5, 0.6) is 5.75 Å². The molecule has 2 aliphatic heterocycles. The molecule has 1 N–H and O–H groups in total. The van der Waals surface area contributed by atoms with Gasteiger partial charge in [-0.05, 0) is 66.8 Å². The van der Waals surface area contributed by atoms with Crippen molar-refractivity contribution in [3.63, 3.8) is 0 Å². The summed E-state index contributed by atoms with van der Waals surface area (Å²) >= 11 is 0.754. The molecular weight excluding hydrogens is 476 g/mol. The van der Waals surface area contributed by atoms with Gasteiger partial charge in [0.2, 0.25) is 5.91 Å². The van der Waals surface area contributed by atoms with Gasteiger partial charge in [0.25, 0.3) is 11.1 Å². The Morgan fingerprint density at radius 3 is 2.58 bits per heavy atom. The van der Waals surface area contributed by atoms with Gasteiger partial charge in [-0.2, -0.15) is 5.11 Å². The molecule has 36 heavy (non-hydrogen) atoms.